The van der Waals surface area contributed by atoms with Crippen molar-refractivity contribution in [1.82, 2.24) is 15.5 Å². The van der Waals surface area contributed by atoms with Gasteiger partial charge in [-0.05, 0) is 42.0 Å². The lowest BCUT2D eigenvalue weighted by atomic mass is 10.2. The first-order valence-electron chi connectivity index (χ1n) is 7.86. The van der Waals surface area contributed by atoms with E-state index in [1.807, 2.05) is 6.07 Å². The predicted octanol–water partition coefficient (Wildman–Crippen LogP) is 3.38. The molecule has 0 aliphatic carbocycles. The summed E-state index contributed by atoms with van der Waals surface area (Å²) in [5.74, 6) is -0.162. The van der Waals surface area contributed by atoms with Gasteiger partial charge in [-0.1, -0.05) is 35.1 Å². The number of nitrogens with zero attached hydrogens (tertiary/aromatic N) is 2. The van der Waals surface area contributed by atoms with E-state index < -0.39 is 11.8 Å². The number of carbonyl (C=O) groups excluding carboxylic acids is 2. The molecule has 27 heavy (non-hydrogen) atoms. The molecule has 1 heterocycles. The van der Waals surface area contributed by atoms with Crippen LogP contribution in [0.4, 0.5) is 5.69 Å². The van der Waals surface area contributed by atoms with Gasteiger partial charge in [0, 0.05) is 17.3 Å². The molecule has 2 N–H and O–H groups in total. The van der Waals surface area contributed by atoms with E-state index in [4.69, 9.17) is 16.3 Å². The first-order chi connectivity index (χ1) is 13.0. The van der Waals surface area contributed by atoms with E-state index in [0.717, 1.165) is 16.9 Å². The summed E-state index contributed by atoms with van der Waals surface area (Å²) in [5.41, 5.74) is 1.45. The zero-order valence-corrected chi connectivity index (χ0v) is 15.8. The van der Waals surface area contributed by atoms with Crippen molar-refractivity contribution in [3.05, 3.63) is 69.1 Å². The third-order valence-electron chi connectivity index (χ3n) is 3.50. The second kappa shape index (κ2) is 8.61. The maximum Gasteiger partial charge on any atom is 0.286 e. The number of rotatable bonds is 6. The number of benzene rings is 2. The minimum absolute atomic E-state index is 0.0960. The van der Waals surface area contributed by atoms with Crippen molar-refractivity contribution in [2.45, 2.75) is 6.54 Å². The molecule has 0 aliphatic heterocycles. The Kier molecular flexibility index (Phi) is 6.00. The SMILES string of the molecule is COc1ccc(NC(=O)c2nnc(C(=O)NCc3cccc(Cl)c3)s2)cc1. The standard InChI is InChI=1S/C18H15ClN4O3S/c1-26-14-7-5-13(6-8-14)21-16(25)18-23-22-17(27-18)15(24)20-10-11-3-2-4-12(19)9-11/h2-9H,10H2,1H3,(H,20,24)(H,21,25). The Bertz CT molecular complexity index is 959. The zero-order chi connectivity index (χ0) is 19.2. The Morgan fingerprint density at radius 1 is 1.07 bits per heavy atom. The molecule has 2 aromatic carbocycles. The average Bonchev–Trinajstić information content (AvgIpc) is 3.17. The van der Waals surface area contributed by atoms with Gasteiger partial charge in [0.2, 0.25) is 10.0 Å². The lowest BCUT2D eigenvalue weighted by Crippen LogP contribution is -2.22. The van der Waals surface area contributed by atoms with Crippen LogP contribution in [0, 0.1) is 0 Å². The largest absolute Gasteiger partial charge is 0.497 e. The van der Waals surface area contributed by atoms with Crippen LogP contribution in [-0.2, 0) is 6.54 Å². The number of anilines is 1. The van der Waals surface area contributed by atoms with Gasteiger partial charge in [0.1, 0.15) is 5.75 Å². The van der Waals surface area contributed by atoms with Gasteiger partial charge in [0.25, 0.3) is 11.8 Å². The Labute approximate surface area is 164 Å². The Morgan fingerprint density at radius 2 is 1.78 bits per heavy atom. The first-order valence-corrected chi connectivity index (χ1v) is 9.06. The molecule has 0 unspecified atom stereocenters. The minimum atomic E-state index is -0.438. The van der Waals surface area contributed by atoms with Crippen LogP contribution in [0.2, 0.25) is 5.02 Å². The molecular weight excluding hydrogens is 388 g/mol. The van der Waals surface area contributed by atoms with Crippen molar-refractivity contribution in [3.63, 3.8) is 0 Å². The van der Waals surface area contributed by atoms with E-state index in [-0.39, 0.29) is 10.0 Å². The van der Waals surface area contributed by atoms with Crippen LogP contribution in [0.1, 0.15) is 25.2 Å². The molecule has 0 atom stereocenters. The van der Waals surface area contributed by atoms with Gasteiger partial charge in [-0.3, -0.25) is 9.59 Å². The van der Waals surface area contributed by atoms with E-state index >= 15 is 0 Å². The third kappa shape index (κ3) is 5.02. The molecule has 3 aromatic rings. The first kappa shape index (κ1) is 18.8. The normalized spacial score (nSPS) is 10.3. The van der Waals surface area contributed by atoms with E-state index in [1.165, 1.54) is 0 Å². The van der Waals surface area contributed by atoms with Crippen molar-refractivity contribution >= 4 is 40.4 Å². The molecule has 9 heteroatoms. The summed E-state index contributed by atoms with van der Waals surface area (Å²) >= 11 is 6.83. The summed E-state index contributed by atoms with van der Waals surface area (Å²) in [6.45, 7) is 0.298. The number of ether oxygens (including phenoxy) is 1. The summed E-state index contributed by atoms with van der Waals surface area (Å²) < 4.78 is 5.07. The fourth-order valence-electron chi connectivity index (χ4n) is 2.17. The van der Waals surface area contributed by atoms with Crippen molar-refractivity contribution in [1.29, 1.82) is 0 Å². The van der Waals surface area contributed by atoms with Crippen LogP contribution in [0.3, 0.4) is 0 Å². The van der Waals surface area contributed by atoms with Gasteiger partial charge in [-0.25, -0.2) is 0 Å². The van der Waals surface area contributed by atoms with Gasteiger partial charge in [0.05, 0.1) is 7.11 Å². The van der Waals surface area contributed by atoms with Gasteiger partial charge < -0.3 is 15.4 Å². The Balaban J connectivity index is 1.59. The van der Waals surface area contributed by atoms with Crippen LogP contribution in [-0.4, -0.2) is 29.1 Å². The number of carbonyl (C=O) groups is 2. The molecule has 0 saturated carbocycles. The highest BCUT2D eigenvalue weighted by molar-refractivity contribution is 7.15. The molecule has 0 spiro atoms. The zero-order valence-electron chi connectivity index (χ0n) is 14.2. The molecule has 1 aromatic heterocycles. The summed E-state index contributed by atoms with van der Waals surface area (Å²) in [5, 5.41) is 13.8. The van der Waals surface area contributed by atoms with Gasteiger partial charge >= 0.3 is 0 Å². The summed E-state index contributed by atoms with van der Waals surface area (Å²) in [6.07, 6.45) is 0. The summed E-state index contributed by atoms with van der Waals surface area (Å²) in [4.78, 5) is 24.4. The Morgan fingerprint density at radius 3 is 2.44 bits per heavy atom. The minimum Gasteiger partial charge on any atom is -0.497 e. The summed E-state index contributed by atoms with van der Waals surface area (Å²) in [7, 11) is 1.56. The van der Waals surface area contributed by atoms with Gasteiger partial charge in [0.15, 0.2) is 0 Å². The van der Waals surface area contributed by atoms with Crippen LogP contribution < -0.4 is 15.4 Å². The Hall–Kier alpha value is -2.97. The maximum absolute atomic E-state index is 12.2. The second-order valence-electron chi connectivity index (χ2n) is 5.41. The molecule has 0 aliphatic rings. The van der Waals surface area contributed by atoms with Crippen molar-refractivity contribution in [2.24, 2.45) is 0 Å². The van der Waals surface area contributed by atoms with Crippen molar-refractivity contribution < 1.29 is 14.3 Å². The molecule has 0 bridgehead atoms. The number of hydrogen-bond donors (Lipinski definition) is 2. The lowest BCUT2D eigenvalue weighted by molar-refractivity contribution is 0.0948. The molecule has 0 radical (unpaired) electrons. The molecule has 3 rings (SSSR count). The van der Waals surface area contributed by atoms with E-state index in [2.05, 4.69) is 20.8 Å². The lowest BCUT2D eigenvalue weighted by Gasteiger charge is -2.04. The monoisotopic (exact) mass is 402 g/mol. The fraction of sp³-hybridized carbons (Fsp3) is 0.111. The molecule has 2 amide bonds. The molecule has 0 saturated heterocycles. The molecule has 0 fully saturated rings. The quantitative estimate of drug-likeness (QED) is 0.659. The average molecular weight is 403 g/mol. The second-order valence-corrected chi connectivity index (χ2v) is 6.82. The molecule has 7 nitrogen and oxygen atoms in total. The van der Waals surface area contributed by atoms with Gasteiger partial charge in [-0.2, -0.15) is 0 Å². The van der Waals surface area contributed by atoms with E-state index in [9.17, 15) is 9.59 Å². The topological polar surface area (TPSA) is 93.2 Å². The third-order valence-corrected chi connectivity index (χ3v) is 4.66. The number of halogens is 1. The van der Waals surface area contributed by atoms with Crippen molar-refractivity contribution in [2.75, 3.05) is 12.4 Å². The fourth-order valence-corrected chi connectivity index (χ4v) is 3.04. The molecular formula is C18H15ClN4O3S. The van der Waals surface area contributed by atoms with E-state index in [0.29, 0.717) is 23.0 Å². The predicted molar refractivity (Wildman–Crippen MR) is 103 cm³/mol. The number of methoxy groups -OCH3 is 1. The van der Waals surface area contributed by atoms with Gasteiger partial charge in [-0.15, -0.1) is 10.2 Å². The van der Waals surface area contributed by atoms with Crippen LogP contribution >= 0.6 is 22.9 Å². The number of nitrogens with one attached hydrogen (secondary N) is 2. The highest BCUT2D eigenvalue weighted by Gasteiger charge is 2.17. The smallest absolute Gasteiger partial charge is 0.286 e. The highest BCUT2D eigenvalue weighted by atomic mass is 35.5. The number of aromatic nitrogens is 2. The van der Waals surface area contributed by atoms with Crippen LogP contribution in [0.15, 0.2) is 48.5 Å². The van der Waals surface area contributed by atoms with Crippen LogP contribution in [0.5, 0.6) is 5.75 Å². The molecule has 138 valence electrons. The summed E-state index contributed by atoms with van der Waals surface area (Å²) in [6, 6.07) is 14.0. The maximum atomic E-state index is 12.2. The van der Waals surface area contributed by atoms with Crippen molar-refractivity contribution in [3.8, 4) is 5.75 Å². The number of amides is 2. The number of hydrogen-bond acceptors (Lipinski definition) is 6. The van der Waals surface area contributed by atoms with E-state index in [1.54, 1.807) is 49.6 Å². The highest BCUT2D eigenvalue weighted by Crippen LogP contribution is 2.17. The van der Waals surface area contributed by atoms with Crippen LogP contribution in [0.25, 0.3) is 0 Å².